The number of nitrogens with one attached hydrogen (secondary N) is 3. The van der Waals surface area contributed by atoms with Crippen LogP contribution in [0.4, 0.5) is 5.69 Å². The molecule has 0 bridgehead atoms. The Balaban J connectivity index is 1.74. The fourth-order valence-corrected chi connectivity index (χ4v) is 3.00. The molecule has 3 rings (SSSR count). The highest BCUT2D eigenvalue weighted by Crippen LogP contribution is 2.19. The molecule has 1 unspecified atom stereocenters. The number of nitrogens with zero attached hydrogens (tertiary/aromatic N) is 1. The minimum absolute atomic E-state index is 0.179. The highest BCUT2D eigenvalue weighted by molar-refractivity contribution is 6.30. The van der Waals surface area contributed by atoms with Crippen LogP contribution in [0.2, 0.25) is 5.02 Å². The molecule has 2 amide bonds. The van der Waals surface area contributed by atoms with Gasteiger partial charge >= 0.3 is 5.76 Å². The van der Waals surface area contributed by atoms with Crippen molar-refractivity contribution in [3.8, 4) is 11.4 Å². The molecule has 8 nitrogen and oxygen atoms in total. The number of hydrogen-bond acceptors (Lipinski definition) is 5. The summed E-state index contributed by atoms with van der Waals surface area (Å²) in [6.45, 7) is 3.94. The van der Waals surface area contributed by atoms with Crippen LogP contribution in [0.25, 0.3) is 11.4 Å². The van der Waals surface area contributed by atoms with Gasteiger partial charge in [0.15, 0.2) is 5.82 Å². The summed E-state index contributed by atoms with van der Waals surface area (Å²) in [6, 6.07) is 12.5. The highest BCUT2D eigenvalue weighted by Gasteiger charge is 2.23. The molecule has 0 saturated carbocycles. The maximum atomic E-state index is 12.9. The summed E-state index contributed by atoms with van der Waals surface area (Å²) in [7, 11) is 0. The Hall–Kier alpha value is -3.39. The molecule has 1 heterocycles. The first-order chi connectivity index (χ1) is 14.3. The van der Waals surface area contributed by atoms with Crippen molar-refractivity contribution >= 4 is 29.1 Å². The number of H-pyrrole nitrogens is 1. The van der Waals surface area contributed by atoms with E-state index in [0.717, 1.165) is 0 Å². The van der Waals surface area contributed by atoms with Gasteiger partial charge in [-0.25, -0.2) is 4.79 Å². The Labute approximate surface area is 177 Å². The minimum atomic E-state index is -0.733. The van der Waals surface area contributed by atoms with Gasteiger partial charge in [0.05, 0.1) is 0 Å². The lowest BCUT2D eigenvalue weighted by Crippen LogP contribution is -2.44. The molecule has 3 aromatic rings. The zero-order chi connectivity index (χ0) is 21.7. The third-order valence-corrected chi connectivity index (χ3v) is 4.53. The van der Waals surface area contributed by atoms with E-state index in [9.17, 15) is 14.4 Å². The molecule has 0 spiro atoms. The number of carbonyl (C=O) groups is 2. The van der Waals surface area contributed by atoms with Gasteiger partial charge in [0.1, 0.15) is 6.04 Å². The highest BCUT2D eigenvalue weighted by atomic mass is 35.5. The third-order valence-electron chi connectivity index (χ3n) is 4.28. The van der Waals surface area contributed by atoms with Crippen LogP contribution in [0.1, 0.15) is 30.6 Å². The lowest BCUT2D eigenvalue weighted by molar-refractivity contribution is -0.118. The number of rotatable bonds is 7. The average molecular weight is 429 g/mol. The van der Waals surface area contributed by atoms with Crippen LogP contribution in [-0.4, -0.2) is 28.0 Å². The van der Waals surface area contributed by atoms with E-state index in [0.29, 0.717) is 28.3 Å². The molecule has 9 heteroatoms. The maximum Gasteiger partial charge on any atom is 0.439 e. The topological polar surface area (TPSA) is 117 Å². The van der Waals surface area contributed by atoms with Gasteiger partial charge in [-0.3, -0.25) is 19.1 Å². The molecule has 2 aromatic carbocycles. The number of carbonyl (C=O) groups excluding carboxylic acids is 2. The van der Waals surface area contributed by atoms with Crippen molar-refractivity contribution in [3.05, 3.63) is 69.7 Å². The number of aromatic amines is 1. The fraction of sp³-hybridized carbons (Fsp3) is 0.238. The normalized spacial score (nSPS) is 11.9. The van der Waals surface area contributed by atoms with Crippen molar-refractivity contribution in [2.24, 2.45) is 5.92 Å². The van der Waals surface area contributed by atoms with Crippen LogP contribution >= 0.6 is 11.6 Å². The summed E-state index contributed by atoms with van der Waals surface area (Å²) in [4.78, 5) is 39.1. The largest absolute Gasteiger partial charge is 0.439 e. The van der Waals surface area contributed by atoms with E-state index in [1.165, 1.54) is 0 Å². The van der Waals surface area contributed by atoms with Crippen LogP contribution in [0.5, 0.6) is 0 Å². The zero-order valence-electron chi connectivity index (χ0n) is 16.4. The van der Waals surface area contributed by atoms with Gasteiger partial charge in [-0.05, 0) is 48.7 Å². The SMILES string of the molecule is CC(C)CC(NC(=O)c1ccc(Cl)cc1)C(=O)Nc1cccc(-c2noc(=O)[nH]2)c1. The monoisotopic (exact) mass is 428 g/mol. The summed E-state index contributed by atoms with van der Waals surface area (Å²) in [6.07, 6.45) is 0.460. The van der Waals surface area contributed by atoms with Crippen molar-refractivity contribution < 1.29 is 14.1 Å². The molecule has 0 aliphatic carbocycles. The standard InChI is InChI=1S/C21H21ClN4O4/c1-12(2)10-17(24-19(27)13-6-8-15(22)9-7-13)20(28)23-16-5-3-4-14(11-16)18-25-21(29)30-26-18/h3-9,11-12,17H,10H2,1-2H3,(H,23,28)(H,24,27)(H,25,26,29). The third kappa shape index (κ3) is 5.57. The van der Waals surface area contributed by atoms with Crippen molar-refractivity contribution in [1.82, 2.24) is 15.5 Å². The first-order valence-corrected chi connectivity index (χ1v) is 9.73. The predicted molar refractivity (Wildman–Crippen MR) is 113 cm³/mol. The van der Waals surface area contributed by atoms with E-state index < -0.39 is 11.8 Å². The Bertz CT molecular complexity index is 1090. The van der Waals surface area contributed by atoms with Crippen LogP contribution in [0.15, 0.2) is 57.8 Å². The number of anilines is 1. The lowest BCUT2D eigenvalue weighted by Gasteiger charge is -2.20. The van der Waals surface area contributed by atoms with Crippen LogP contribution in [0.3, 0.4) is 0 Å². The minimum Gasteiger partial charge on any atom is -0.340 e. The first-order valence-electron chi connectivity index (χ1n) is 9.35. The molecule has 156 valence electrons. The smallest absolute Gasteiger partial charge is 0.340 e. The Morgan fingerprint density at radius 1 is 1.17 bits per heavy atom. The molecule has 30 heavy (non-hydrogen) atoms. The van der Waals surface area contributed by atoms with Crippen molar-refractivity contribution in [2.45, 2.75) is 26.3 Å². The molecule has 1 atom stereocenters. The maximum absolute atomic E-state index is 12.9. The van der Waals surface area contributed by atoms with E-state index >= 15 is 0 Å². The number of aromatic nitrogens is 2. The van der Waals surface area contributed by atoms with Gasteiger partial charge in [-0.2, -0.15) is 0 Å². The van der Waals surface area contributed by atoms with Gasteiger partial charge in [-0.1, -0.05) is 42.7 Å². The number of benzene rings is 2. The second-order valence-electron chi connectivity index (χ2n) is 7.18. The summed E-state index contributed by atoms with van der Waals surface area (Å²) in [5.41, 5.74) is 1.48. The van der Waals surface area contributed by atoms with Crippen LogP contribution in [-0.2, 0) is 4.79 Å². The molecule has 0 aliphatic rings. The van der Waals surface area contributed by atoms with Crippen LogP contribution in [0, 0.1) is 5.92 Å². The molecule has 0 aliphatic heterocycles. The van der Waals surface area contributed by atoms with E-state index in [4.69, 9.17) is 11.6 Å². The lowest BCUT2D eigenvalue weighted by atomic mass is 10.0. The summed E-state index contributed by atoms with van der Waals surface area (Å²) >= 11 is 5.86. The molecule has 0 fully saturated rings. The molecule has 0 radical (unpaired) electrons. The predicted octanol–water partition coefficient (Wildman–Crippen LogP) is 3.47. The van der Waals surface area contributed by atoms with Gasteiger partial charge in [-0.15, -0.1) is 0 Å². The quantitative estimate of drug-likeness (QED) is 0.532. The Kier molecular flexibility index (Phi) is 6.68. The van der Waals surface area contributed by atoms with E-state index in [1.807, 2.05) is 13.8 Å². The van der Waals surface area contributed by atoms with Crippen molar-refractivity contribution in [1.29, 1.82) is 0 Å². The molecule has 3 N–H and O–H groups in total. The number of hydrogen-bond donors (Lipinski definition) is 3. The second kappa shape index (κ2) is 9.41. The van der Waals surface area contributed by atoms with Crippen LogP contribution < -0.4 is 16.4 Å². The van der Waals surface area contributed by atoms with Gasteiger partial charge in [0.25, 0.3) is 5.91 Å². The Morgan fingerprint density at radius 2 is 1.90 bits per heavy atom. The second-order valence-corrected chi connectivity index (χ2v) is 7.61. The van der Waals surface area contributed by atoms with Crippen molar-refractivity contribution in [2.75, 3.05) is 5.32 Å². The van der Waals surface area contributed by atoms with E-state index in [1.54, 1.807) is 48.5 Å². The Morgan fingerprint density at radius 3 is 2.53 bits per heavy atom. The summed E-state index contributed by atoms with van der Waals surface area (Å²) < 4.78 is 4.51. The molecule has 1 aromatic heterocycles. The van der Waals surface area contributed by atoms with E-state index in [-0.39, 0.29) is 23.6 Å². The van der Waals surface area contributed by atoms with Crippen molar-refractivity contribution in [3.63, 3.8) is 0 Å². The number of amides is 2. The van der Waals surface area contributed by atoms with Gasteiger partial charge < -0.3 is 10.6 Å². The fourth-order valence-electron chi connectivity index (χ4n) is 2.87. The van der Waals surface area contributed by atoms with Gasteiger partial charge in [0, 0.05) is 21.8 Å². The zero-order valence-corrected chi connectivity index (χ0v) is 17.2. The summed E-state index contributed by atoms with van der Waals surface area (Å²) in [5, 5.41) is 9.75. The molecular weight excluding hydrogens is 408 g/mol. The summed E-state index contributed by atoms with van der Waals surface area (Å²) in [5.74, 6) is -0.941. The van der Waals surface area contributed by atoms with E-state index in [2.05, 4.69) is 25.3 Å². The molecule has 0 saturated heterocycles. The average Bonchev–Trinajstić information content (AvgIpc) is 3.14. The number of halogens is 1. The first kappa shape index (κ1) is 21.3. The molecular formula is C21H21ClN4O4. The van der Waals surface area contributed by atoms with Gasteiger partial charge in [0.2, 0.25) is 5.91 Å².